The smallest absolute Gasteiger partial charge is 0.262 e. The standard InChI is InChI=1S/C22H23N3O2S/c1-14-7-9-16(10-8-14)13-25-21(27)18-5-3-4-6-19(18)24-22(25)28-15(2)20(26)23-17-11-12-17/h3-10,15,17H,11-13H2,1-2H3,(H,23,26)/t15-/m1/s1. The van der Waals surface area contributed by atoms with E-state index in [1.54, 1.807) is 10.6 Å². The first-order valence-electron chi connectivity index (χ1n) is 9.53. The third kappa shape index (κ3) is 4.12. The molecule has 1 heterocycles. The molecule has 0 unspecified atom stereocenters. The molecule has 1 aliphatic rings. The summed E-state index contributed by atoms with van der Waals surface area (Å²) in [6, 6.07) is 15.8. The van der Waals surface area contributed by atoms with E-state index in [1.165, 1.54) is 17.3 Å². The van der Waals surface area contributed by atoms with Crippen LogP contribution < -0.4 is 10.9 Å². The summed E-state index contributed by atoms with van der Waals surface area (Å²) in [4.78, 5) is 30.3. The van der Waals surface area contributed by atoms with Gasteiger partial charge in [0.25, 0.3) is 5.56 Å². The molecule has 1 aromatic heterocycles. The van der Waals surface area contributed by atoms with Gasteiger partial charge < -0.3 is 5.32 Å². The van der Waals surface area contributed by atoms with Gasteiger partial charge in [0.1, 0.15) is 0 Å². The molecule has 3 aromatic rings. The van der Waals surface area contributed by atoms with Crippen LogP contribution in [0.15, 0.2) is 58.5 Å². The second kappa shape index (κ2) is 7.80. The number of hydrogen-bond acceptors (Lipinski definition) is 4. The Morgan fingerprint density at radius 2 is 1.93 bits per heavy atom. The number of nitrogens with zero attached hydrogens (tertiary/aromatic N) is 2. The minimum atomic E-state index is -0.321. The first kappa shape index (κ1) is 18.7. The first-order chi connectivity index (χ1) is 13.5. The lowest BCUT2D eigenvalue weighted by Gasteiger charge is -2.16. The van der Waals surface area contributed by atoms with Crippen molar-refractivity contribution in [2.24, 2.45) is 0 Å². The SMILES string of the molecule is Cc1ccc(Cn2c(S[C@H](C)C(=O)NC3CC3)nc3ccccc3c2=O)cc1. The maximum atomic E-state index is 13.2. The summed E-state index contributed by atoms with van der Waals surface area (Å²) in [6.07, 6.45) is 2.10. The van der Waals surface area contributed by atoms with Gasteiger partial charge in [0.15, 0.2) is 5.16 Å². The monoisotopic (exact) mass is 393 g/mol. The van der Waals surface area contributed by atoms with Crippen molar-refractivity contribution in [2.75, 3.05) is 0 Å². The minimum Gasteiger partial charge on any atom is -0.352 e. The molecule has 5 nitrogen and oxygen atoms in total. The lowest BCUT2D eigenvalue weighted by Crippen LogP contribution is -2.33. The molecule has 1 amide bonds. The average molecular weight is 394 g/mol. The topological polar surface area (TPSA) is 64.0 Å². The van der Waals surface area contributed by atoms with E-state index in [0.29, 0.717) is 28.6 Å². The van der Waals surface area contributed by atoms with Crippen LogP contribution in [0.1, 0.15) is 30.9 Å². The Kier molecular flexibility index (Phi) is 5.22. The zero-order chi connectivity index (χ0) is 19.7. The van der Waals surface area contributed by atoms with Crippen molar-refractivity contribution in [1.82, 2.24) is 14.9 Å². The summed E-state index contributed by atoms with van der Waals surface area (Å²) in [7, 11) is 0. The molecule has 4 rings (SSSR count). The van der Waals surface area contributed by atoms with Gasteiger partial charge in [0.05, 0.1) is 22.7 Å². The lowest BCUT2D eigenvalue weighted by molar-refractivity contribution is -0.120. The van der Waals surface area contributed by atoms with E-state index in [9.17, 15) is 9.59 Å². The second-order valence-corrected chi connectivity index (χ2v) is 8.64. The lowest BCUT2D eigenvalue weighted by atomic mass is 10.1. The number of benzene rings is 2. The van der Waals surface area contributed by atoms with E-state index in [2.05, 4.69) is 5.32 Å². The molecule has 6 heteroatoms. The summed E-state index contributed by atoms with van der Waals surface area (Å²) < 4.78 is 1.68. The largest absolute Gasteiger partial charge is 0.352 e. The molecule has 1 saturated carbocycles. The summed E-state index contributed by atoms with van der Waals surface area (Å²) in [5.74, 6) is -0.00297. The van der Waals surface area contributed by atoms with Gasteiger partial charge in [-0.1, -0.05) is 53.7 Å². The van der Waals surface area contributed by atoms with E-state index in [-0.39, 0.29) is 16.7 Å². The molecule has 1 atom stereocenters. The highest BCUT2D eigenvalue weighted by Gasteiger charge is 2.27. The maximum absolute atomic E-state index is 13.2. The first-order valence-corrected chi connectivity index (χ1v) is 10.4. The van der Waals surface area contributed by atoms with Crippen LogP contribution >= 0.6 is 11.8 Å². The molecule has 1 aliphatic carbocycles. The number of amides is 1. The molecular formula is C22H23N3O2S. The number of carbonyl (C=O) groups excluding carboxylic acids is 1. The van der Waals surface area contributed by atoms with Crippen LogP contribution in [0.3, 0.4) is 0 Å². The number of fused-ring (bicyclic) bond motifs is 1. The molecule has 1 fully saturated rings. The van der Waals surface area contributed by atoms with E-state index < -0.39 is 0 Å². The van der Waals surface area contributed by atoms with E-state index in [1.807, 2.05) is 56.3 Å². The summed E-state index contributed by atoms with van der Waals surface area (Å²) >= 11 is 1.34. The van der Waals surface area contributed by atoms with Crippen molar-refractivity contribution in [1.29, 1.82) is 0 Å². The number of aryl methyl sites for hydroxylation is 1. The minimum absolute atomic E-state index is 0.00297. The highest BCUT2D eigenvalue weighted by Crippen LogP contribution is 2.25. The number of carbonyl (C=O) groups is 1. The van der Waals surface area contributed by atoms with Crippen LogP contribution in [-0.2, 0) is 11.3 Å². The summed E-state index contributed by atoms with van der Waals surface area (Å²) in [6.45, 7) is 4.32. The molecule has 0 spiro atoms. The van der Waals surface area contributed by atoms with Gasteiger partial charge in [-0.25, -0.2) is 4.98 Å². The summed E-state index contributed by atoms with van der Waals surface area (Å²) in [5, 5.41) is 3.87. The number of thioether (sulfide) groups is 1. The Bertz CT molecular complexity index is 1070. The van der Waals surface area contributed by atoms with Crippen LogP contribution in [0.25, 0.3) is 10.9 Å². The Hall–Kier alpha value is -2.60. The average Bonchev–Trinajstić information content (AvgIpc) is 3.50. The van der Waals surface area contributed by atoms with E-state index in [0.717, 1.165) is 18.4 Å². The van der Waals surface area contributed by atoms with Gasteiger partial charge in [-0.05, 0) is 44.4 Å². The number of para-hydroxylation sites is 1. The molecule has 0 saturated heterocycles. The predicted octanol–water partition coefficient (Wildman–Crippen LogP) is 3.51. The number of hydrogen-bond donors (Lipinski definition) is 1. The fourth-order valence-electron chi connectivity index (χ4n) is 3.01. The molecule has 0 radical (unpaired) electrons. The maximum Gasteiger partial charge on any atom is 0.262 e. The fraction of sp³-hybridized carbons (Fsp3) is 0.318. The van der Waals surface area contributed by atoms with Crippen LogP contribution in [0.2, 0.25) is 0 Å². The fourth-order valence-corrected chi connectivity index (χ4v) is 3.93. The van der Waals surface area contributed by atoms with Crippen molar-refractivity contribution >= 4 is 28.6 Å². The van der Waals surface area contributed by atoms with Gasteiger partial charge >= 0.3 is 0 Å². The molecule has 144 valence electrons. The van der Waals surface area contributed by atoms with E-state index in [4.69, 9.17) is 4.98 Å². The van der Waals surface area contributed by atoms with Crippen LogP contribution in [0.4, 0.5) is 0 Å². The van der Waals surface area contributed by atoms with Crippen LogP contribution in [-0.4, -0.2) is 26.8 Å². The molecule has 0 aliphatic heterocycles. The van der Waals surface area contributed by atoms with Crippen molar-refractivity contribution < 1.29 is 4.79 Å². The summed E-state index contributed by atoms with van der Waals surface area (Å²) in [5.41, 5.74) is 2.78. The van der Waals surface area contributed by atoms with Crippen molar-refractivity contribution in [2.45, 2.75) is 49.7 Å². The van der Waals surface area contributed by atoms with Crippen molar-refractivity contribution in [3.63, 3.8) is 0 Å². The number of aromatic nitrogens is 2. The Morgan fingerprint density at radius 3 is 2.64 bits per heavy atom. The molecule has 28 heavy (non-hydrogen) atoms. The number of rotatable bonds is 6. The Labute approximate surface area is 168 Å². The molecule has 0 bridgehead atoms. The van der Waals surface area contributed by atoms with Crippen LogP contribution in [0, 0.1) is 6.92 Å². The zero-order valence-corrected chi connectivity index (χ0v) is 16.8. The highest BCUT2D eigenvalue weighted by molar-refractivity contribution is 8.00. The normalized spacial score (nSPS) is 14.8. The van der Waals surface area contributed by atoms with Crippen LogP contribution in [0.5, 0.6) is 0 Å². The molecular weight excluding hydrogens is 370 g/mol. The third-order valence-electron chi connectivity index (χ3n) is 4.86. The molecule has 1 N–H and O–H groups in total. The predicted molar refractivity (Wildman–Crippen MR) is 113 cm³/mol. The number of nitrogens with one attached hydrogen (secondary N) is 1. The van der Waals surface area contributed by atoms with Gasteiger partial charge in [-0.2, -0.15) is 0 Å². The second-order valence-electron chi connectivity index (χ2n) is 7.33. The van der Waals surface area contributed by atoms with Gasteiger partial charge in [-0.3, -0.25) is 14.2 Å². The quantitative estimate of drug-likeness (QED) is 0.514. The highest BCUT2D eigenvalue weighted by atomic mass is 32.2. The van der Waals surface area contributed by atoms with Gasteiger partial charge in [0.2, 0.25) is 5.91 Å². The van der Waals surface area contributed by atoms with Gasteiger partial charge in [-0.15, -0.1) is 0 Å². The van der Waals surface area contributed by atoms with Crippen molar-refractivity contribution in [3.05, 3.63) is 70.0 Å². The zero-order valence-electron chi connectivity index (χ0n) is 16.0. The Morgan fingerprint density at radius 1 is 1.21 bits per heavy atom. The van der Waals surface area contributed by atoms with Gasteiger partial charge in [0, 0.05) is 6.04 Å². The van der Waals surface area contributed by atoms with E-state index >= 15 is 0 Å². The van der Waals surface area contributed by atoms with Crippen molar-refractivity contribution in [3.8, 4) is 0 Å². The Balaban J connectivity index is 1.70. The molecule has 2 aromatic carbocycles. The third-order valence-corrected chi connectivity index (χ3v) is 5.95.